The van der Waals surface area contributed by atoms with Crippen LogP contribution in [-0.4, -0.2) is 38.2 Å². The van der Waals surface area contributed by atoms with Gasteiger partial charge in [-0.15, -0.1) is 0 Å². The van der Waals surface area contributed by atoms with Gasteiger partial charge < -0.3 is 0 Å². The van der Waals surface area contributed by atoms with E-state index >= 15 is 0 Å². The Labute approximate surface area is 148 Å². The highest BCUT2D eigenvalue weighted by molar-refractivity contribution is 5.49. The maximum atomic E-state index is 4.71. The monoisotopic (exact) mass is 333 g/mol. The van der Waals surface area contributed by atoms with Gasteiger partial charge in [-0.3, -0.25) is 15.0 Å². The molecule has 2 aromatic heterocycles. The van der Waals surface area contributed by atoms with Gasteiger partial charge in [0.2, 0.25) is 0 Å². The normalized spacial score (nSPS) is 16.2. The van der Waals surface area contributed by atoms with E-state index in [2.05, 4.69) is 57.3 Å². The van der Waals surface area contributed by atoms with Gasteiger partial charge in [0.05, 0.1) is 0 Å². The average Bonchev–Trinajstić information content (AvgIpc) is 3.13. The van der Waals surface area contributed by atoms with Gasteiger partial charge in [0.25, 0.3) is 0 Å². The molecule has 5 heteroatoms. The minimum Gasteiger partial charge on any atom is -0.299 e. The quantitative estimate of drug-likeness (QED) is 0.793. The highest BCUT2D eigenvalue weighted by Gasteiger charge is 2.23. The molecule has 3 aromatic rings. The topological polar surface area (TPSA) is 57.7 Å². The van der Waals surface area contributed by atoms with Gasteiger partial charge in [-0.2, -0.15) is 5.10 Å². The number of rotatable bonds is 4. The number of hydrogen-bond acceptors (Lipinski definition) is 4. The highest BCUT2D eigenvalue weighted by Crippen LogP contribution is 2.27. The van der Waals surface area contributed by atoms with Crippen molar-refractivity contribution in [3.8, 4) is 11.5 Å². The summed E-state index contributed by atoms with van der Waals surface area (Å²) in [6, 6.07) is 14.7. The molecule has 0 saturated carbocycles. The van der Waals surface area contributed by atoms with Gasteiger partial charge in [0.15, 0.2) is 5.82 Å². The molecule has 1 fully saturated rings. The fourth-order valence-electron chi connectivity index (χ4n) is 3.44. The standard InChI is InChI=1S/C20H23N5/c1-15-7-10-21-18(13-15)20-22-19(23-24-20)17-8-11-25(12-9-17)14-16-5-3-2-4-6-16/h2-7,10,13,17H,8-9,11-12,14H2,1H3,(H,22,23,24). The third kappa shape index (κ3) is 3.77. The predicted octanol–water partition coefficient (Wildman–Crippen LogP) is 3.55. The van der Waals surface area contributed by atoms with Crippen molar-refractivity contribution in [1.82, 2.24) is 25.1 Å². The molecule has 4 rings (SSSR count). The smallest absolute Gasteiger partial charge is 0.199 e. The number of benzene rings is 1. The predicted molar refractivity (Wildman–Crippen MR) is 98.0 cm³/mol. The Hall–Kier alpha value is -2.53. The number of aryl methyl sites for hydroxylation is 1. The van der Waals surface area contributed by atoms with Crippen molar-refractivity contribution in [2.75, 3.05) is 13.1 Å². The van der Waals surface area contributed by atoms with E-state index in [4.69, 9.17) is 4.98 Å². The van der Waals surface area contributed by atoms with Gasteiger partial charge in [-0.25, -0.2) is 4.98 Å². The van der Waals surface area contributed by atoms with Crippen LogP contribution in [-0.2, 0) is 6.54 Å². The van der Waals surface area contributed by atoms with Crippen molar-refractivity contribution in [3.63, 3.8) is 0 Å². The Morgan fingerprint density at radius 2 is 1.92 bits per heavy atom. The highest BCUT2D eigenvalue weighted by atomic mass is 15.2. The van der Waals surface area contributed by atoms with E-state index in [0.29, 0.717) is 11.7 Å². The van der Waals surface area contributed by atoms with Crippen LogP contribution in [0.2, 0.25) is 0 Å². The second kappa shape index (κ2) is 7.15. The third-order valence-corrected chi connectivity index (χ3v) is 4.87. The number of hydrogen-bond donors (Lipinski definition) is 1. The summed E-state index contributed by atoms with van der Waals surface area (Å²) in [7, 11) is 0. The lowest BCUT2D eigenvalue weighted by molar-refractivity contribution is 0.202. The second-order valence-electron chi connectivity index (χ2n) is 6.80. The van der Waals surface area contributed by atoms with Crippen LogP contribution >= 0.6 is 0 Å². The molecule has 0 atom stereocenters. The Bertz CT molecular complexity index is 819. The molecule has 0 bridgehead atoms. The number of nitrogens with zero attached hydrogens (tertiary/aromatic N) is 4. The number of pyridine rings is 1. The van der Waals surface area contributed by atoms with Crippen molar-refractivity contribution in [1.29, 1.82) is 0 Å². The van der Waals surface area contributed by atoms with Gasteiger partial charge in [-0.05, 0) is 56.1 Å². The number of aromatic nitrogens is 4. The lowest BCUT2D eigenvalue weighted by Crippen LogP contribution is -2.32. The molecule has 5 nitrogen and oxygen atoms in total. The Balaban J connectivity index is 1.38. The van der Waals surface area contributed by atoms with Crippen LogP contribution in [0, 0.1) is 6.92 Å². The van der Waals surface area contributed by atoms with E-state index in [-0.39, 0.29) is 0 Å². The molecular weight excluding hydrogens is 310 g/mol. The molecule has 128 valence electrons. The molecule has 0 radical (unpaired) electrons. The number of likely N-dealkylation sites (tertiary alicyclic amines) is 1. The number of piperidine rings is 1. The van der Waals surface area contributed by atoms with E-state index in [0.717, 1.165) is 44.0 Å². The molecule has 0 aliphatic carbocycles. The summed E-state index contributed by atoms with van der Waals surface area (Å²) < 4.78 is 0. The Morgan fingerprint density at radius 3 is 2.68 bits per heavy atom. The minimum absolute atomic E-state index is 0.457. The van der Waals surface area contributed by atoms with E-state index in [1.807, 2.05) is 18.3 Å². The molecular formula is C20H23N5. The maximum absolute atomic E-state index is 4.71. The molecule has 0 spiro atoms. The number of nitrogens with one attached hydrogen (secondary N) is 1. The molecule has 1 aromatic carbocycles. The fourth-order valence-corrected chi connectivity index (χ4v) is 3.44. The zero-order valence-electron chi connectivity index (χ0n) is 14.5. The number of H-pyrrole nitrogens is 1. The molecule has 25 heavy (non-hydrogen) atoms. The summed E-state index contributed by atoms with van der Waals surface area (Å²) in [5.41, 5.74) is 3.39. The molecule has 1 N–H and O–H groups in total. The first kappa shape index (κ1) is 16.0. The Kier molecular flexibility index (Phi) is 4.57. The lowest BCUT2D eigenvalue weighted by Gasteiger charge is -2.30. The third-order valence-electron chi connectivity index (χ3n) is 4.87. The largest absolute Gasteiger partial charge is 0.299 e. The summed E-state index contributed by atoms with van der Waals surface area (Å²) in [6.45, 7) is 5.28. The van der Waals surface area contributed by atoms with Crippen LogP contribution in [0.25, 0.3) is 11.5 Å². The van der Waals surface area contributed by atoms with Crippen LogP contribution in [0.3, 0.4) is 0 Å². The van der Waals surface area contributed by atoms with Gasteiger partial charge in [0, 0.05) is 18.7 Å². The van der Waals surface area contributed by atoms with Crippen molar-refractivity contribution in [2.45, 2.75) is 32.2 Å². The fraction of sp³-hybridized carbons (Fsp3) is 0.350. The first-order chi connectivity index (χ1) is 12.3. The Morgan fingerprint density at radius 1 is 1.12 bits per heavy atom. The van der Waals surface area contributed by atoms with Crippen LogP contribution in [0.5, 0.6) is 0 Å². The van der Waals surface area contributed by atoms with E-state index < -0.39 is 0 Å². The zero-order valence-corrected chi connectivity index (χ0v) is 14.5. The molecule has 0 amide bonds. The van der Waals surface area contributed by atoms with Gasteiger partial charge in [0.1, 0.15) is 11.5 Å². The summed E-state index contributed by atoms with van der Waals surface area (Å²) >= 11 is 0. The molecule has 1 aliphatic heterocycles. The van der Waals surface area contributed by atoms with Crippen molar-refractivity contribution in [2.24, 2.45) is 0 Å². The summed E-state index contributed by atoms with van der Waals surface area (Å²) in [5.74, 6) is 2.15. The summed E-state index contributed by atoms with van der Waals surface area (Å²) in [6.07, 6.45) is 4.04. The SMILES string of the molecule is Cc1ccnc(-c2n[nH]c(C3CCN(Cc4ccccc4)CC3)n2)c1. The van der Waals surface area contributed by atoms with E-state index in [1.54, 1.807) is 0 Å². The molecule has 3 heterocycles. The minimum atomic E-state index is 0.457. The van der Waals surface area contributed by atoms with E-state index in [1.165, 1.54) is 11.1 Å². The van der Waals surface area contributed by atoms with Crippen LogP contribution in [0.15, 0.2) is 48.7 Å². The lowest BCUT2D eigenvalue weighted by atomic mass is 9.96. The summed E-state index contributed by atoms with van der Waals surface area (Å²) in [5, 5.41) is 7.52. The van der Waals surface area contributed by atoms with Crippen LogP contribution < -0.4 is 0 Å². The first-order valence-electron chi connectivity index (χ1n) is 8.89. The van der Waals surface area contributed by atoms with Gasteiger partial charge >= 0.3 is 0 Å². The first-order valence-corrected chi connectivity index (χ1v) is 8.89. The number of aromatic amines is 1. The molecule has 1 aliphatic rings. The van der Waals surface area contributed by atoms with E-state index in [9.17, 15) is 0 Å². The van der Waals surface area contributed by atoms with Crippen LogP contribution in [0.4, 0.5) is 0 Å². The van der Waals surface area contributed by atoms with Crippen molar-refractivity contribution in [3.05, 3.63) is 65.6 Å². The zero-order chi connectivity index (χ0) is 17.1. The summed E-state index contributed by atoms with van der Waals surface area (Å²) in [4.78, 5) is 11.6. The van der Waals surface area contributed by atoms with Gasteiger partial charge in [-0.1, -0.05) is 30.3 Å². The van der Waals surface area contributed by atoms with Crippen LogP contribution in [0.1, 0.15) is 35.7 Å². The average molecular weight is 333 g/mol. The maximum Gasteiger partial charge on any atom is 0.199 e. The molecule has 0 unspecified atom stereocenters. The van der Waals surface area contributed by atoms with Crippen molar-refractivity contribution < 1.29 is 0 Å². The molecule has 1 saturated heterocycles. The van der Waals surface area contributed by atoms with Crippen molar-refractivity contribution >= 4 is 0 Å². The second-order valence-corrected chi connectivity index (χ2v) is 6.80.